The Morgan fingerprint density at radius 2 is 1.83 bits per heavy atom. The second-order valence-corrected chi connectivity index (χ2v) is 7.11. The average Bonchev–Trinajstić information content (AvgIpc) is 2.52. The van der Waals surface area contributed by atoms with E-state index in [1.54, 1.807) is 31.2 Å². The third-order valence-corrected chi connectivity index (χ3v) is 4.64. The molecule has 0 unspecified atom stereocenters. The van der Waals surface area contributed by atoms with E-state index in [2.05, 4.69) is 21.9 Å². The molecule has 0 fully saturated rings. The van der Waals surface area contributed by atoms with Gasteiger partial charge in [-0.25, -0.2) is 17.9 Å². The van der Waals surface area contributed by atoms with Crippen molar-refractivity contribution in [2.75, 3.05) is 13.1 Å². The quantitative estimate of drug-likeness (QED) is 0.472. The molecule has 0 saturated heterocycles. The number of hydrogen-bond acceptors (Lipinski definition) is 3. The summed E-state index contributed by atoms with van der Waals surface area (Å²) in [5.74, 6) is 0. The SMILES string of the molecule is C=CCC/C=C(\C)NC(=O)NCCNS(=O)(=O)c1ccc(C)cc1. The van der Waals surface area contributed by atoms with E-state index < -0.39 is 10.0 Å². The fraction of sp³-hybridized carbons (Fsp3) is 0.353. The van der Waals surface area contributed by atoms with Gasteiger partial charge in [0, 0.05) is 18.8 Å². The molecule has 1 aromatic carbocycles. The maximum atomic E-state index is 12.1. The molecule has 1 aromatic rings. The number of aryl methyl sites for hydroxylation is 1. The highest BCUT2D eigenvalue weighted by Gasteiger charge is 2.12. The second kappa shape index (κ2) is 9.89. The van der Waals surface area contributed by atoms with Gasteiger partial charge in [-0.05, 0) is 38.8 Å². The Morgan fingerprint density at radius 1 is 1.17 bits per heavy atom. The molecule has 0 atom stereocenters. The average molecular weight is 351 g/mol. The number of benzene rings is 1. The fourth-order valence-electron chi connectivity index (χ4n) is 1.85. The fourth-order valence-corrected chi connectivity index (χ4v) is 2.89. The summed E-state index contributed by atoms with van der Waals surface area (Å²) >= 11 is 0. The predicted octanol–water partition coefficient (Wildman–Crippen LogP) is 2.44. The molecule has 0 heterocycles. The van der Waals surface area contributed by atoms with Crippen molar-refractivity contribution in [3.05, 3.63) is 54.3 Å². The molecule has 6 nitrogen and oxygen atoms in total. The van der Waals surface area contributed by atoms with Crippen LogP contribution in [0.1, 0.15) is 25.3 Å². The molecule has 24 heavy (non-hydrogen) atoms. The molecule has 0 saturated carbocycles. The molecule has 0 aliphatic carbocycles. The molecular weight excluding hydrogens is 326 g/mol. The molecule has 0 spiro atoms. The Bertz CT molecular complexity index is 680. The molecule has 0 bridgehead atoms. The van der Waals surface area contributed by atoms with Gasteiger partial charge in [0.15, 0.2) is 0 Å². The number of carbonyl (C=O) groups is 1. The van der Waals surface area contributed by atoms with Crippen molar-refractivity contribution in [2.45, 2.75) is 31.6 Å². The molecule has 0 aliphatic rings. The summed E-state index contributed by atoms with van der Waals surface area (Å²) in [6.45, 7) is 7.62. The highest BCUT2D eigenvalue weighted by Crippen LogP contribution is 2.09. The highest BCUT2D eigenvalue weighted by molar-refractivity contribution is 7.89. The lowest BCUT2D eigenvalue weighted by molar-refractivity contribution is 0.243. The van der Waals surface area contributed by atoms with Gasteiger partial charge in [0.05, 0.1) is 4.90 Å². The molecule has 132 valence electrons. The van der Waals surface area contributed by atoms with E-state index in [4.69, 9.17) is 0 Å². The molecule has 0 aliphatic heterocycles. The van der Waals surface area contributed by atoms with Crippen LogP contribution >= 0.6 is 0 Å². The third kappa shape index (κ3) is 7.43. The summed E-state index contributed by atoms with van der Waals surface area (Å²) in [5, 5.41) is 5.27. The van der Waals surface area contributed by atoms with Crippen LogP contribution < -0.4 is 15.4 Å². The maximum Gasteiger partial charge on any atom is 0.319 e. The van der Waals surface area contributed by atoms with E-state index in [1.807, 2.05) is 19.1 Å². The number of urea groups is 1. The monoisotopic (exact) mass is 351 g/mol. The van der Waals surface area contributed by atoms with Crippen LogP contribution in [0, 0.1) is 6.92 Å². The zero-order valence-electron chi connectivity index (χ0n) is 14.1. The number of unbranched alkanes of at least 4 members (excludes halogenated alkanes) is 1. The lowest BCUT2D eigenvalue weighted by atomic mass is 10.2. The molecule has 0 radical (unpaired) electrons. The number of hydrogen-bond donors (Lipinski definition) is 3. The first-order valence-corrected chi connectivity index (χ1v) is 9.22. The number of carbonyl (C=O) groups excluding carboxylic acids is 1. The zero-order chi connectivity index (χ0) is 18.0. The minimum Gasteiger partial charge on any atom is -0.337 e. The molecule has 1 rings (SSSR count). The summed E-state index contributed by atoms with van der Waals surface area (Å²) in [6, 6.07) is 6.21. The van der Waals surface area contributed by atoms with Crippen LogP contribution in [0.4, 0.5) is 4.79 Å². The molecule has 2 amide bonds. The van der Waals surface area contributed by atoms with E-state index in [9.17, 15) is 13.2 Å². The number of allylic oxidation sites excluding steroid dienone is 3. The standard InChI is InChI=1S/C17H25N3O3S/c1-4-5-6-7-15(3)20-17(21)18-12-13-19-24(22,23)16-10-8-14(2)9-11-16/h4,7-11,19H,1,5-6,12-13H2,2-3H3,(H2,18,20,21)/b15-7+. The van der Waals surface area contributed by atoms with Gasteiger partial charge < -0.3 is 10.6 Å². The normalized spacial score (nSPS) is 11.8. The second-order valence-electron chi connectivity index (χ2n) is 5.34. The van der Waals surface area contributed by atoms with Crippen LogP contribution in [-0.2, 0) is 10.0 Å². The van der Waals surface area contributed by atoms with Gasteiger partial charge in [0.25, 0.3) is 0 Å². The molecular formula is C17H25N3O3S. The first kappa shape index (κ1) is 19.9. The zero-order valence-corrected chi connectivity index (χ0v) is 14.9. The summed E-state index contributed by atoms with van der Waals surface area (Å²) < 4.78 is 26.6. The molecule has 3 N–H and O–H groups in total. The number of nitrogens with one attached hydrogen (secondary N) is 3. The van der Waals surface area contributed by atoms with Gasteiger partial charge in [0.2, 0.25) is 10.0 Å². The van der Waals surface area contributed by atoms with Crippen LogP contribution in [0.25, 0.3) is 0 Å². The minimum atomic E-state index is -3.56. The van der Waals surface area contributed by atoms with E-state index in [1.165, 1.54) is 0 Å². The predicted molar refractivity (Wildman–Crippen MR) is 96.1 cm³/mol. The largest absolute Gasteiger partial charge is 0.337 e. The van der Waals surface area contributed by atoms with Gasteiger partial charge in [-0.2, -0.15) is 0 Å². The summed E-state index contributed by atoms with van der Waals surface area (Å²) in [7, 11) is -3.56. The molecule has 0 aromatic heterocycles. The number of sulfonamides is 1. The summed E-state index contributed by atoms with van der Waals surface area (Å²) in [5.41, 5.74) is 1.73. The van der Waals surface area contributed by atoms with Crippen LogP contribution in [0.2, 0.25) is 0 Å². The number of rotatable bonds is 9. The van der Waals surface area contributed by atoms with Crippen molar-refractivity contribution >= 4 is 16.1 Å². The Labute approximate surface area is 144 Å². The Hall–Kier alpha value is -2.12. The summed E-state index contributed by atoms with van der Waals surface area (Å²) in [6.07, 6.45) is 5.37. The van der Waals surface area contributed by atoms with E-state index in [0.717, 1.165) is 24.1 Å². The van der Waals surface area contributed by atoms with Gasteiger partial charge in [-0.3, -0.25) is 0 Å². The smallest absolute Gasteiger partial charge is 0.319 e. The van der Waals surface area contributed by atoms with Crippen LogP contribution in [0.5, 0.6) is 0 Å². The lowest BCUT2D eigenvalue weighted by Gasteiger charge is -2.09. The Kier molecular flexibility index (Phi) is 8.21. The highest BCUT2D eigenvalue weighted by atomic mass is 32.2. The van der Waals surface area contributed by atoms with Crippen molar-refractivity contribution in [1.29, 1.82) is 0 Å². The van der Waals surface area contributed by atoms with Crippen molar-refractivity contribution in [3.8, 4) is 0 Å². The van der Waals surface area contributed by atoms with Crippen molar-refractivity contribution in [1.82, 2.24) is 15.4 Å². The first-order valence-electron chi connectivity index (χ1n) is 7.74. The van der Waals surface area contributed by atoms with Crippen LogP contribution in [-0.4, -0.2) is 27.5 Å². The van der Waals surface area contributed by atoms with E-state index in [-0.39, 0.29) is 24.0 Å². The van der Waals surface area contributed by atoms with Crippen LogP contribution in [0.15, 0.2) is 53.6 Å². The minimum absolute atomic E-state index is 0.114. The van der Waals surface area contributed by atoms with Crippen molar-refractivity contribution in [3.63, 3.8) is 0 Å². The number of amides is 2. The summed E-state index contributed by atoms with van der Waals surface area (Å²) in [4.78, 5) is 11.9. The Balaban J connectivity index is 2.34. The van der Waals surface area contributed by atoms with E-state index in [0.29, 0.717) is 0 Å². The first-order chi connectivity index (χ1) is 11.3. The van der Waals surface area contributed by atoms with E-state index >= 15 is 0 Å². The van der Waals surface area contributed by atoms with Crippen molar-refractivity contribution in [2.24, 2.45) is 0 Å². The van der Waals surface area contributed by atoms with Crippen molar-refractivity contribution < 1.29 is 13.2 Å². The van der Waals surface area contributed by atoms with Gasteiger partial charge in [-0.1, -0.05) is 29.8 Å². The van der Waals surface area contributed by atoms with Gasteiger partial charge in [0.1, 0.15) is 0 Å². The van der Waals surface area contributed by atoms with Gasteiger partial charge >= 0.3 is 6.03 Å². The molecule has 7 heteroatoms. The van der Waals surface area contributed by atoms with Crippen LogP contribution in [0.3, 0.4) is 0 Å². The maximum absolute atomic E-state index is 12.1. The third-order valence-electron chi connectivity index (χ3n) is 3.17. The Morgan fingerprint density at radius 3 is 2.46 bits per heavy atom. The topological polar surface area (TPSA) is 87.3 Å². The van der Waals surface area contributed by atoms with Gasteiger partial charge in [-0.15, -0.1) is 6.58 Å². The lowest BCUT2D eigenvalue weighted by Crippen LogP contribution is -2.39.